The average molecular weight is 281 g/mol. The number of methoxy groups -OCH3 is 1. The van der Waals surface area contributed by atoms with Gasteiger partial charge >= 0.3 is 0 Å². The molecule has 0 aromatic heterocycles. The Morgan fingerprint density at radius 1 is 1.10 bits per heavy atom. The lowest BCUT2D eigenvalue weighted by Gasteiger charge is -2.29. The molecule has 2 aromatic rings. The van der Waals surface area contributed by atoms with Crippen molar-refractivity contribution in [2.24, 2.45) is 0 Å². The molecule has 0 fully saturated rings. The first-order chi connectivity index (χ1) is 10.3. The summed E-state index contributed by atoms with van der Waals surface area (Å²) in [6.07, 6.45) is 3.70. The summed E-state index contributed by atoms with van der Waals surface area (Å²) in [7, 11) is 1.70. The van der Waals surface area contributed by atoms with Crippen molar-refractivity contribution >= 4 is 0 Å². The van der Waals surface area contributed by atoms with Crippen LogP contribution in [0, 0.1) is 0 Å². The third-order valence-corrected chi connectivity index (χ3v) is 4.44. The summed E-state index contributed by atoms with van der Waals surface area (Å²) in [5.74, 6) is 0.911. The van der Waals surface area contributed by atoms with E-state index >= 15 is 0 Å². The van der Waals surface area contributed by atoms with Gasteiger partial charge in [0.15, 0.2) is 0 Å². The number of ether oxygens (including phenoxy) is 1. The highest BCUT2D eigenvalue weighted by atomic mass is 16.5. The summed E-state index contributed by atoms with van der Waals surface area (Å²) in [5, 5.41) is 3.79. The van der Waals surface area contributed by atoms with E-state index in [9.17, 15) is 0 Å². The van der Waals surface area contributed by atoms with Gasteiger partial charge in [0.1, 0.15) is 5.75 Å². The molecule has 110 valence electrons. The lowest BCUT2D eigenvalue weighted by molar-refractivity contribution is 0.409. The van der Waals surface area contributed by atoms with Crippen LogP contribution in [0.2, 0.25) is 0 Å². The highest BCUT2D eigenvalue weighted by Crippen LogP contribution is 2.31. The second-order valence-corrected chi connectivity index (χ2v) is 5.81. The Kier molecular flexibility index (Phi) is 4.26. The van der Waals surface area contributed by atoms with Crippen LogP contribution >= 0.6 is 0 Å². The number of aryl methyl sites for hydroxylation is 1. The maximum atomic E-state index is 5.22. The van der Waals surface area contributed by atoms with Crippen molar-refractivity contribution < 1.29 is 4.74 Å². The standard InChI is InChI=1S/C19H23NO/c1-14(15-10-12-17(21-2)13-11-15)20-19-9-5-7-16-6-3-4-8-18(16)19/h3-4,6,8,10-14,19-20H,5,7,9H2,1-2H3/t14-,19?/m0/s1. The number of rotatable bonds is 4. The van der Waals surface area contributed by atoms with E-state index < -0.39 is 0 Å². The molecule has 2 heteroatoms. The van der Waals surface area contributed by atoms with E-state index in [2.05, 4.69) is 48.6 Å². The lowest BCUT2D eigenvalue weighted by Crippen LogP contribution is -2.27. The van der Waals surface area contributed by atoms with E-state index in [1.165, 1.54) is 36.0 Å². The molecule has 0 bridgehead atoms. The van der Waals surface area contributed by atoms with Crippen LogP contribution in [-0.4, -0.2) is 7.11 Å². The number of hydrogen-bond acceptors (Lipinski definition) is 2. The van der Waals surface area contributed by atoms with Crippen molar-refractivity contribution in [3.05, 3.63) is 65.2 Å². The molecule has 0 saturated carbocycles. The average Bonchev–Trinajstić information content (AvgIpc) is 2.55. The van der Waals surface area contributed by atoms with Gasteiger partial charge in [-0.3, -0.25) is 0 Å². The Bertz CT molecular complexity index is 591. The second-order valence-electron chi connectivity index (χ2n) is 5.81. The molecule has 0 aliphatic heterocycles. The first-order valence-electron chi connectivity index (χ1n) is 7.75. The zero-order valence-electron chi connectivity index (χ0n) is 12.8. The van der Waals surface area contributed by atoms with Gasteiger partial charge in [-0.2, -0.15) is 0 Å². The number of benzene rings is 2. The second kappa shape index (κ2) is 6.31. The van der Waals surface area contributed by atoms with Crippen LogP contribution in [0.1, 0.15) is 48.5 Å². The molecule has 1 aliphatic rings. The van der Waals surface area contributed by atoms with E-state index in [1.807, 2.05) is 12.1 Å². The molecular formula is C19H23NO. The van der Waals surface area contributed by atoms with Gasteiger partial charge in [0.05, 0.1) is 7.11 Å². The summed E-state index contributed by atoms with van der Waals surface area (Å²) >= 11 is 0. The van der Waals surface area contributed by atoms with Crippen molar-refractivity contribution in [3.8, 4) is 5.75 Å². The molecule has 1 unspecified atom stereocenters. The van der Waals surface area contributed by atoms with E-state index in [0.29, 0.717) is 12.1 Å². The monoisotopic (exact) mass is 281 g/mol. The summed E-state index contributed by atoms with van der Waals surface area (Å²) in [5.41, 5.74) is 4.28. The molecule has 2 atom stereocenters. The first kappa shape index (κ1) is 14.2. The molecule has 3 rings (SSSR count). The molecule has 2 nitrogen and oxygen atoms in total. The van der Waals surface area contributed by atoms with Crippen LogP contribution in [0.4, 0.5) is 0 Å². The Morgan fingerprint density at radius 2 is 1.86 bits per heavy atom. The molecule has 0 radical (unpaired) electrons. The van der Waals surface area contributed by atoms with Gasteiger partial charge in [-0.1, -0.05) is 36.4 Å². The van der Waals surface area contributed by atoms with Crippen molar-refractivity contribution in [3.63, 3.8) is 0 Å². The number of nitrogens with one attached hydrogen (secondary N) is 1. The fourth-order valence-corrected chi connectivity index (χ4v) is 3.22. The molecule has 0 saturated heterocycles. The van der Waals surface area contributed by atoms with Crippen LogP contribution in [0.25, 0.3) is 0 Å². The van der Waals surface area contributed by atoms with Crippen LogP contribution in [0.5, 0.6) is 5.75 Å². The van der Waals surface area contributed by atoms with Crippen molar-refractivity contribution in [1.29, 1.82) is 0 Å². The van der Waals surface area contributed by atoms with Gasteiger partial charge in [0.25, 0.3) is 0 Å². The predicted octanol–water partition coefficient (Wildman–Crippen LogP) is 4.42. The lowest BCUT2D eigenvalue weighted by atomic mass is 9.87. The zero-order chi connectivity index (χ0) is 14.7. The van der Waals surface area contributed by atoms with E-state index in [1.54, 1.807) is 7.11 Å². The maximum Gasteiger partial charge on any atom is 0.118 e. The Balaban J connectivity index is 1.74. The van der Waals surface area contributed by atoms with Crippen LogP contribution in [0.15, 0.2) is 48.5 Å². The van der Waals surface area contributed by atoms with E-state index in [4.69, 9.17) is 4.74 Å². The zero-order valence-corrected chi connectivity index (χ0v) is 12.8. The van der Waals surface area contributed by atoms with Gasteiger partial charge in [0.2, 0.25) is 0 Å². The van der Waals surface area contributed by atoms with E-state index in [0.717, 1.165) is 5.75 Å². The van der Waals surface area contributed by atoms with Gasteiger partial charge in [-0.25, -0.2) is 0 Å². The molecule has 1 N–H and O–H groups in total. The Morgan fingerprint density at radius 3 is 2.62 bits per heavy atom. The van der Waals surface area contributed by atoms with Crippen molar-refractivity contribution in [1.82, 2.24) is 5.32 Å². The Hall–Kier alpha value is -1.80. The van der Waals surface area contributed by atoms with Crippen LogP contribution < -0.4 is 10.1 Å². The van der Waals surface area contributed by atoms with Gasteiger partial charge in [0, 0.05) is 12.1 Å². The number of hydrogen-bond donors (Lipinski definition) is 1. The molecule has 0 amide bonds. The van der Waals surface area contributed by atoms with Crippen LogP contribution in [-0.2, 0) is 6.42 Å². The van der Waals surface area contributed by atoms with Crippen molar-refractivity contribution in [2.75, 3.05) is 7.11 Å². The third kappa shape index (κ3) is 3.11. The summed E-state index contributed by atoms with van der Waals surface area (Å²) in [6, 6.07) is 18.0. The van der Waals surface area contributed by atoms with Gasteiger partial charge in [-0.15, -0.1) is 0 Å². The molecule has 0 heterocycles. The number of fused-ring (bicyclic) bond motifs is 1. The molecule has 1 aliphatic carbocycles. The normalized spacial score (nSPS) is 18.9. The first-order valence-corrected chi connectivity index (χ1v) is 7.75. The fourth-order valence-electron chi connectivity index (χ4n) is 3.22. The third-order valence-electron chi connectivity index (χ3n) is 4.44. The SMILES string of the molecule is COc1ccc([C@H](C)NC2CCCc3ccccc32)cc1. The summed E-state index contributed by atoms with van der Waals surface area (Å²) in [6.45, 7) is 2.24. The highest BCUT2D eigenvalue weighted by molar-refractivity contribution is 5.33. The minimum atomic E-state index is 0.340. The molecule has 21 heavy (non-hydrogen) atoms. The smallest absolute Gasteiger partial charge is 0.118 e. The fraction of sp³-hybridized carbons (Fsp3) is 0.368. The summed E-state index contributed by atoms with van der Waals surface area (Å²) < 4.78 is 5.22. The molecule has 2 aromatic carbocycles. The van der Waals surface area contributed by atoms with Crippen LogP contribution in [0.3, 0.4) is 0 Å². The summed E-state index contributed by atoms with van der Waals surface area (Å²) in [4.78, 5) is 0. The van der Waals surface area contributed by atoms with Crippen molar-refractivity contribution in [2.45, 2.75) is 38.3 Å². The largest absolute Gasteiger partial charge is 0.497 e. The minimum Gasteiger partial charge on any atom is -0.497 e. The van der Waals surface area contributed by atoms with E-state index in [-0.39, 0.29) is 0 Å². The highest BCUT2D eigenvalue weighted by Gasteiger charge is 2.21. The van der Waals surface area contributed by atoms with Gasteiger partial charge in [-0.05, 0) is 55.0 Å². The maximum absolute atomic E-state index is 5.22. The molecule has 0 spiro atoms. The molecular weight excluding hydrogens is 258 g/mol. The Labute approximate surface area is 127 Å². The minimum absolute atomic E-state index is 0.340. The quantitative estimate of drug-likeness (QED) is 0.895. The predicted molar refractivity (Wildman–Crippen MR) is 86.7 cm³/mol. The van der Waals surface area contributed by atoms with Gasteiger partial charge < -0.3 is 10.1 Å². The topological polar surface area (TPSA) is 21.3 Å².